The molecular formula is C13H18ClNO3. The lowest BCUT2D eigenvalue weighted by Gasteiger charge is -2.28. The molecule has 0 aliphatic carbocycles. The molecule has 18 heavy (non-hydrogen) atoms. The molecule has 1 atom stereocenters. The molecule has 100 valence electrons. The van der Waals surface area contributed by atoms with Crippen molar-refractivity contribution in [2.24, 2.45) is 0 Å². The van der Waals surface area contributed by atoms with Crippen LogP contribution in [0, 0.1) is 0 Å². The SMILES string of the molecule is OC(COc1ccc(Cl)cc1)CN1CCOCC1. The molecule has 4 nitrogen and oxygen atoms in total. The van der Waals surface area contributed by atoms with Crippen molar-refractivity contribution in [3.8, 4) is 5.75 Å². The van der Waals surface area contributed by atoms with Crippen LogP contribution in [0.1, 0.15) is 0 Å². The topological polar surface area (TPSA) is 41.9 Å². The molecule has 1 aromatic carbocycles. The van der Waals surface area contributed by atoms with Gasteiger partial charge in [-0.25, -0.2) is 0 Å². The number of morpholine rings is 1. The first-order chi connectivity index (χ1) is 8.74. The van der Waals surface area contributed by atoms with E-state index in [0.29, 0.717) is 18.2 Å². The van der Waals surface area contributed by atoms with Crippen LogP contribution >= 0.6 is 11.6 Å². The quantitative estimate of drug-likeness (QED) is 0.879. The van der Waals surface area contributed by atoms with Gasteiger partial charge >= 0.3 is 0 Å². The van der Waals surface area contributed by atoms with Crippen LogP contribution in [0.2, 0.25) is 5.02 Å². The molecule has 0 radical (unpaired) electrons. The monoisotopic (exact) mass is 271 g/mol. The van der Waals surface area contributed by atoms with E-state index < -0.39 is 6.10 Å². The summed E-state index contributed by atoms with van der Waals surface area (Å²) in [6.07, 6.45) is -0.487. The second-order valence-corrected chi connectivity index (χ2v) is 4.77. The molecule has 1 heterocycles. The largest absolute Gasteiger partial charge is 0.491 e. The number of hydrogen-bond donors (Lipinski definition) is 1. The van der Waals surface area contributed by atoms with Gasteiger partial charge in [-0.2, -0.15) is 0 Å². The number of aliphatic hydroxyl groups excluding tert-OH is 1. The number of ether oxygens (including phenoxy) is 2. The summed E-state index contributed by atoms with van der Waals surface area (Å²) in [6.45, 7) is 4.14. The lowest BCUT2D eigenvalue weighted by Crippen LogP contribution is -2.42. The third kappa shape index (κ3) is 4.46. The number of benzene rings is 1. The van der Waals surface area contributed by atoms with Gasteiger partial charge in [0.1, 0.15) is 18.5 Å². The molecule has 1 saturated heterocycles. The average Bonchev–Trinajstić information content (AvgIpc) is 2.39. The van der Waals surface area contributed by atoms with Crippen molar-refractivity contribution in [2.75, 3.05) is 39.5 Å². The van der Waals surface area contributed by atoms with E-state index in [0.717, 1.165) is 32.1 Å². The van der Waals surface area contributed by atoms with Crippen LogP contribution in [0.15, 0.2) is 24.3 Å². The number of β-amino-alcohol motifs (C(OH)–C–C–N with tert-alkyl or cyclic N) is 1. The number of aliphatic hydroxyl groups is 1. The third-order valence-corrected chi connectivity index (χ3v) is 3.08. The van der Waals surface area contributed by atoms with Crippen LogP contribution in [-0.4, -0.2) is 55.6 Å². The van der Waals surface area contributed by atoms with Crippen molar-refractivity contribution in [1.29, 1.82) is 0 Å². The minimum absolute atomic E-state index is 0.291. The molecule has 0 amide bonds. The summed E-state index contributed by atoms with van der Waals surface area (Å²) in [7, 11) is 0. The van der Waals surface area contributed by atoms with Crippen LogP contribution in [0.3, 0.4) is 0 Å². The summed E-state index contributed by atoms with van der Waals surface area (Å²) >= 11 is 5.78. The first kappa shape index (κ1) is 13.6. The Morgan fingerprint density at radius 2 is 1.94 bits per heavy atom. The van der Waals surface area contributed by atoms with Gasteiger partial charge in [0.05, 0.1) is 13.2 Å². The zero-order valence-corrected chi connectivity index (χ0v) is 11.0. The van der Waals surface area contributed by atoms with Crippen LogP contribution in [0.5, 0.6) is 5.75 Å². The second kappa shape index (κ2) is 6.95. The number of nitrogens with zero attached hydrogens (tertiary/aromatic N) is 1. The predicted molar refractivity (Wildman–Crippen MR) is 70.2 cm³/mol. The van der Waals surface area contributed by atoms with Gasteiger partial charge in [-0.05, 0) is 24.3 Å². The maximum atomic E-state index is 9.88. The van der Waals surface area contributed by atoms with Crippen LogP contribution < -0.4 is 4.74 Å². The van der Waals surface area contributed by atoms with Crippen molar-refractivity contribution < 1.29 is 14.6 Å². The van der Waals surface area contributed by atoms with E-state index >= 15 is 0 Å². The van der Waals surface area contributed by atoms with Crippen molar-refractivity contribution >= 4 is 11.6 Å². The number of halogens is 1. The molecule has 0 saturated carbocycles. The molecule has 1 fully saturated rings. The average molecular weight is 272 g/mol. The van der Waals surface area contributed by atoms with Crippen molar-refractivity contribution in [3.05, 3.63) is 29.3 Å². The summed E-state index contributed by atoms with van der Waals surface area (Å²) in [6, 6.07) is 7.13. The van der Waals surface area contributed by atoms with Crippen molar-refractivity contribution in [3.63, 3.8) is 0 Å². The molecule has 1 aliphatic heterocycles. The first-order valence-electron chi connectivity index (χ1n) is 6.10. The van der Waals surface area contributed by atoms with Gasteiger partial charge < -0.3 is 14.6 Å². The lowest BCUT2D eigenvalue weighted by molar-refractivity contribution is 0.00465. The highest BCUT2D eigenvalue weighted by atomic mass is 35.5. The fourth-order valence-electron chi connectivity index (χ4n) is 1.86. The van der Waals surface area contributed by atoms with Gasteiger partial charge in [-0.3, -0.25) is 4.90 Å². The molecule has 1 aliphatic rings. The smallest absolute Gasteiger partial charge is 0.119 e. The zero-order chi connectivity index (χ0) is 12.8. The minimum Gasteiger partial charge on any atom is -0.491 e. The van der Waals surface area contributed by atoms with Crippen LogP contribution in [-0.2, 0) is 4.74 Å². The van der Waals surface area contributed by atoms with Crippen molar-refractivity contribution in [1.82, 2.24) is 4.90 Å². The van der Waals surface area contributed by atoms with Crippen LogP contribution in [0.25, 0.3) is 0 Å². The Bertz CT molecular complexity index is 352. The Hall–Kier alpha value is -0.810. The molecule has 0 bridgehead atoms. The van der Waals surface area contributed by atoms with Gasteiger partial charge in [-0.15, -0.1) is 0 Å². The van der Waals surface area contributed by atoms with E-state index in [1.165, 1.54) is 0 Å². The van der Waals surface area contributed by atoms with Crippen molar-refractivity contribution in [2.45, 2.75) is 6.10 Å². The normalized spacial score (nSPS) is 18.6. The van der Waals surface area contributed by atoms with Gasteiger partial charge in [0.25, 0.3) is 0 Å². The predicted octanol–water partition coefficient (Wildman–Crippen LogP) is 1.41. The van der Waals surface area contributed by atoms with Crippen LogP contribution in [0.4, 0.5) is 0 Å². The molecule has 1 unspecified atom stereocenters. The fourth-order valence-corrected chi connectivity index (χ4v) is 1.98. The molecular weight excluding hydrogens is 254 g/mol. The summed E-state index contributed by atoms with van der Waals surface area (Å²) in [5.74, 6) is 0.723. The minimum atomic E-state index is -0.487. The highest BCUT2D eigenvalue weighted by molar-refractivity contribution is 6.30. The molecule has 5 heteroatoms. The Balaban J connectivity index is 1.70. The third-order valence-electron chi connectivity index (χ3n) is 2.83. The Labute approximate surface area is 112 Å². The van der Waals surface area contributed by atoms with Gasteiger partial charge in [0.15, 0.2) is 0 Å². The Kier molecular flexibility index (Phi) is 5.26. The highest BCUT2D eigenvalue weighted by Gasteiger charge is 2.15. The van der Waals surface area contributed by atoms with E-state index in [2.05, 4.69) is 4.90 Å². The van der Waals surface area contributed by atoms with E-state index in [1.54, 1.807) is 24.3 Å². The Morgan fingerprint density at radius 1 is 1.28 bits per heavy atom. The highest BCUT2D eigenvalue weighted by Crippen LogP contribution is 2.15. The molecule has 1 N–H and O–H groups in total. The first-order valence-corrected chi connectivity index (χ1v) is 6.48. The summed E-state index contributed by atoms with van der Waals surface area (Å²) in [5, 5.41) is 10.6. The second-order valence-electron chi connectivity index (χ2n) is 4.33. The standard InChI is InChI=1S/C13H18ClNO3/c14-11-1-3-13(4-2-11)18-10-12(16)9-15-5-7-17-8-6-15/h1-4,12,16H,5-10H2. The zero-order valence-electron chi connectivity index (χ0n) is 10.2. The van der Waals surface area contributed by atoms with Gasteiger partial charge in [0, 0.05) is 24.7 Å². The van der Waals surface area contributed by atoms with Gasteiger partial charge in [0.2, 0.25) is 0 Å². The van der Waals surface area contributed by atoms with E-state index in [1.807, 2.05) is 0 Å². The van der Waals surface area contributed by atoms with E-state index in [9.17, 15) is 5.11 Å². The van der Waals surface area contributed by atoms with E-state index in [-0.39, 0.29) is 0 Å². The summed E-state index contributed by atoms with van der Waals surface area (Å²) in [5.41, 5.74) is 0. The Morgan fingerprint density at radius 3 is 2.61 bits per heavy atom. The molecule has 0 spiro atoms. The van der Waals surface area contributed by atoms with E-state index in [4.69, 9.17) is 21.1 Å². The number of hydrogen-bond acceptors (Lipinski definition) is 4. The fraction of sp³-hybridized carbons (Fsp3) is 0.538. The summed E-state index contributed by atoms with van der Waals surface area (Å²) < 4.78 is 10.8. The van der Waals surface area contributed by atoms with Gasteiger partial charge in [-0.1, -0.05) is 11.6 Å². The maximum absolute atomic E-state index is 9.88. The maximum Gasteiger partial charge on any atom is 0.119 e. The summed E-state index contributed by atoms with van der Waals surface area (Å²) in [4.78, 5) is 2.18. The molecule has 2 rings (SSSR count). The number of rotatable bonds is 5. The molecule has 0 aromatic heterocycles. The molecule has 1 aromatic rings. The lowest BCUT2D eigenvalue weighted by atomic mass is 10.3.